The number of hydrogen-bond donors (Lipinski definition) is 1. The van der Waals surface area contributed by atoms with Gasteiger partial charge >= 0.3 is 12.1 Å². The molecule has 0 aromatic carbocycles. The Morgan fingerprint density at radius 3 is 2.57 bits per heavy atom. The van der Waals surface area contributed by atoms with E-state index in [4.69, 9.17) is 5.11 Å². The van der Waals surface area contributed by atoms with Crippen molar-refractivity contribution in [2.75, 3.05) is 0 Å². The summed E-state index contributed by atoms with van der Waals surface area (Å²) in [6.45, 7) is 3.75. The molecule has 0 amide bonds. The Hall–Kier alpha value is -1.62. The Balaban J connectivity index is 2.30. The molecular weight excluding hydrogens is 329 g/mol. The topological polar surface area (TPSA) is 80.9 Å². The van der Waals surface area contributed by atoms with Gasteiger partial charge in [-0.25, -0.2) is 14.8 Å². The SMILES string of the molecule is CC(C)c1ncn(Sc2nc(C(F)(F)F)c(C(=O)O)s2)n1. The summed E-state index contributed by atoms with van der Waals surface area (Å²) in [4.78, 5) is 17.3. The molecular formula is C10H9F3N4O2S2. The number of aromatic nitrogens is 4. The standard InChI is InChI=1S/C10H9F3N4O2S2/c1-4(2)7-14-3-17(16-7)21-9-15-6(10(11,12)13)5(20-9)8(18)19/h3-4H,1-2H3,(H,18,19). The molecule has 0 aliphatic rings. The van der Waals surface area contributed by atoms with E-state index in [1.54, 1.807) is 0 Å². The van der Waals surface area contributed by atoms with Gasteiger partial charge in [0.25, 0.3) is 0 Å². The van der Waals surface area contributed by atoms with Crippen LogP contribution in [0.25, 0.3) is 0 Å². The molecule has 0 unspecified atom stereocenters. The summed E-state index contributed by atoms with van der Waals surface area (Å²) < 4.78 is 39.3. The number of halogens is 3. The highest BCUT2D eigenvalue weighted by Crippen LogP contribution is 2.37. The second-order valence-electron chi connectivity index (χ2n) is 4.21. The third kappa shape index (κ3) is 3.53. The van der Waals surface area contributed by atoms with Crippen LogP contribution in [-0.2, 0) is 6.18 Å². The zero-order valence-corrected chi connectivity index (χ0v) is 12.4. The summed E-state index contributed by atoms with van der Waals surface area (Å²) in [6, 6.07) is 0. The van der Waals surface area contributed by atoms with Crippen molar-refractivity contribution in [3.63, 3.8) is 0 Å². The minimum absolute atomic E-state index is 0.0695. The summed E-state index contributed by atoms with van der Waals surface area (Å²) in [5.74, 6) is -1.05. The van der Waals surface area contributed by atoms with Crippen LogP contribution >= 0.6 is 23.3 Å². The molecule has 114 valence electrons. The number of carboxylic acid groups (broad SMARTS) is 1. The zero-order valence-electron chi connectivity index (χ0n) is 10.7. The molecule has 0 spiro atoms. The van der Waals surface area contributed by atoms with E-state index in [9.17, 15) is 18.0 Å². The molecule has 21 heavy (non-hydrogen) atoms. The fourth-order valence-corrected chi connectivity index (χ4v) is 3.12. The van der Waals surface area contributed by atoms with Crippen LogP contribution in [0.4, 0.5) is 13.2 Å². The number of carbonyl (C=O) groups is 1. The maximum Gasteiger partial charge on any atom is 0.435 e. The zero-order chi connectivity index (χ0) is 15.8. The van der Waals surface area contributed by atoms with E-state index in [0.29, 0.717) is 17.2 Å². The van der Waals surface area contributed by atoms with Crippen molar-refractivity contribution >= 4 is 29.3 Å². The molecule has 0 bridgehead atoms. The second-order valence-corrected chi connectivity index (χ2v) is 6.41. The van der Waals surface area contributed by atoms with Gasteiger partial charge < -0.3 is 5.11 Å². The fraction of sp³-hybridized carbons (Fsp3) is 0.400. The van der Waals surface area contributed by atoms with Gasteiger partial charge in [-0.1, -0.05) is 25.2 Å². The fourth-order valence-electron chi connectivity index (χ4n) is 1.33. The van der Waals surface area contributed by atoms with E-state index < -0.39 is 22.7 Å². The number of aromatic carboxylic acids is 1. The van der Waals surface area contributed by atoms with Gasteiger partial charge in [0.05, 0.1) is 0 Å². The van der Waals surface area contributed by atoms with Crippen LogP contribution in [0.5, 0.6) is 0 Å². The number of hydrogen-bond acceptors (Lipinski definition) is 6. The van der Waals surface area contributed by atoms with Gasteiger partial charge in [0.2, 0.25) is 0 Å². The minimum atomic E-state index is -4.81. The van der Waals surface area contributed by atoms with Crippen molar-refractivity contribution < 1.29 is 23.1 Å². The first kappa shape index (κ1) is 15.8. The monoisotopic (exact) mass is 338 g/mol. The lowest BCUT2D eigenvalue weighted by atomic mass is 10.2. The van der Waals surface area contributed by atoms with Crippen LogP contribution in [0.2, 0.25) is 0 Å². The van der Waals surface area contributed by atoms with Crippen molar-refractivity contribution in [2.24, 2.45) is 0 Å². The lowest BCUT2D eigenvalue weighted by molar-refractivity contribution is -0.141. The first-order valence-electron chi connectivity index (χ1n) is 5.59. The average molecular weight is 338 g/mol. The van der Waals surface area contributed by atoms with Crippen LogP contribution in [0, 0.1) is 0 Å². The highest BCUT2D eigenvalue weighted by Gasteiger charge is 2.39. The number of thiazole rings is 1. The lowest BCUT2D eigenvalue weighted by Gasteiger charge is -2.02. The van der Waals surface area contributed by atoms with E-state index in [1.807, 2.05) is 13.8 Å². The van der Waals surface area contributed by atoms with Gasteiger partial charge in [0.15, 0.2) is 15.9 Å². The first-order chi connectivity index (χ1) is 9.68. The van der Waals surface area contributed by atoms with Gasteiger partial charge in [-0.2, -0.15) is 17.3 Å². The molecule has 11 heteroatoms. The van der Waals surface area contributed by atoms with E-state index in [0.717, 1.165) is 11.9 Å². The average Bonchev–Trinajstić information content (AvgIpc) is 2.95. The lowest BCUT2D eigenvalue weighted by Crippen LogP contribution is -2.11. The van der Waals surface area contributed by atoms with Gasteiger partial charge in [-0.3, -0.25) is 0 Å². The second kappa shape index (κ2) is 5.64. The maximum atomic E-state index is 12.7. The summed E-state index contributed by atoms with van der Waals surface area (Å²) in [5.41, 5.74) is -1.40. The molecule has 0 aliphatic heterocycles. The molecule has 2 heterocycles. The van der Waals surface area contributed by atoms with Crippen molar-refractivity contribution in [1.82, 2.24) is 19.2 Å². The maximum absolute atomic E-state index is 12.7. The molecule has 0 saturated carbocycles. The largest absolute Gasteiger partial charge is 0.477 e. The van der Waals surface area contributed by atoms with Gasteiger partial charge in [-0.15, -0.1) is 5.10 Å². The minimum Gasteiger partial charge on any atom is -0.477 e. The number of nitrogens with zero attached hydrogens (tertiary/aromatic N) is 4. The molecule has 2 rings (SSSR count). The molecule has 0 aliphatic carbocycles. The molecule has 0 saturated heterocycles. The molecule has 6 nitrogen and oxygen atoms in total. The molecule has 2 aromatic rings. The van der Waals surface area contributed by atoms with Gasteiger partial charge in [0, 0.05) is 17.9 Å². The quantitative estimate of drug-likeness (QED) is 0.922. The third-order valence-electron chi connectivity index (χ3n) is 2.25. The van der Waals surface area contributed by atoms with E-state index in [-0.39, 0.29) is 10.3 Å². The Labute approximate surface area is 125 Å². The molecule has 1 N–H and O–H groups in total. The van der Waals surface area contributed by atoms with Crippen LogP contribution < -0.4 is 0 Å². The molecule has 0 radical (unpaired) electrons. The molecule has 0 atom stereocenters. The Kier molecular flexibility index (Phi) is 4.23. The van der Waals surface area contributed by atoms with E-state index >= 15 is 0 Å². The highest BCUT2D eigenvalue weighted by atomic mass is 32.2. The Morgan fingerprint density at radius 2 is 2.14 bits per heavy atom. The molecule has 0 fully saturated rings. The number of carboxylic acids is 1. The van der Waals surface area contributed by atoms with Crippen LogP contribution in [0.1, 0.15) is 41.0 Å². The van der Waals surface area contributed by atoms with Crippen LogP contribution in [-0.4, -0.2) is 30.2 Å². The predicted octanol–water partition coefficient (Wildman–Crippen LogP) is 3.13. The van der Waals surface area contributed by atoms with Gasteiger partial charge in [0.1, 0.15) is 11.2 Å². The smallest absolute Gasteiger partial charge is 0.435 e. The third-order valence-corrected chi connectivity index (χ3v) is 4.17. The van der Waals surface area contributed by atoms with Crippen LogP contribution in [0.3, 0.4) is 0 Å². The first-order valence-corrected chi connectivity index (χ1v) is 7.18. The number of alkyl halides is 3. The highest BCUT2D eigenvalue weighted by molar-refractivity contribution is 7.99. The van der Waals surface area contributed by atoms with Crippen molar-refractivity contribution in [2.45, 2.75) is 30.3 Å². The van der Waals surface area contributed by atoms with Gasteiger partial charge in [-0.05, 0) is 0 Å². The van der Waals surface area contributed by atoms with E-state index in [1.165, 1.54) is 10.4 Å². The van der Waals surface area contributed by atoms with E-state index in [2.05, 4.69) is 15.1 Å². The van der Waals surface area contributed by atoms with Crippen molar-refractivity contribution in [3.05, 3.63) is 22.7 Å². The summed E-state index contributed by atoms with van der Waals surface area (Å²) >= 11 is 1.23. The normalized spacial score (nSPS) is 12.1. The Bertz CT molecular complexity index is 666. The Morgan fingerprint density at radius 1 is 1.48 bits per heavy atom. The van der Waals surface area contributed by atoms with Crippen molar-refractivity contribution in [1.29, 1.82) is 0 Å². The predicted molar refractivity (Wildman–Crippen MR) is 69.4 cm³/mol. The summed E-state index contributed by atoms with van der Waals surface area (Å²) in [7, 11) is 0. The van der Waals surface area contributed by atoms with Crippen LogP contribution in [0.15, 0.2) is 10.7 Å². The molecule has 2 aromatic heterocycles. The number of rotatable bonds is 4. The summed E-state index contributed by atoms with van der Waals surface area (Å²) in [6.07, 6.45) is -3.47. The van der Waals surface area contributed by atoms with Crippen molar-refractivity contribution in [3.8, 4) is 0 Å². The summed E-state index contributed by atoms with van der Waals surface area (Å²) in [5, 5.41) is 12.9.